The second kappa shape index (κ2) is 6.22. The molecule has 0 aliphatic rings. The van der Waals surface area contributed by atoms with E-state index in [1.807, 2.05) is 72.8 Å². The van der Waals surface area contributed by atoms with Gasteiger partial charge in [0.1, 0.15) is 5.01 Å². The Balaban J connectivity index is 1.75. The third kappa shape index (κ3) is 2.89. The summed E-state index contributed by atoms with van der Waals surface area (Å²) in [6, 6.07) is 21.2. The number of nitrogens with zero attached hydrogens (tertiary/aromatic N) is 3. The first-order valence-electron chi connectivity index (χ1n) is 7.49. The third-order valence-corrected chi connectivity index (χ3v) is 4.49. The quantitative estimate of drug-likeness (QED) is 0.570. The van der Waals surface area contributed by atoms with Crippen molar-refractivity contribution in [2.24, 2.45) is 0 Å². The molecule has 24 heavy (non-hydrogen) atoms. The topological polar surface area (TPSA) is 47.3 Å². The second-order valence-electron chi connectivity index (χ2n) is 5.23. The van der Waals surface area contributed by atoms with Crippen LogP contribution in [0.3, 0.4) is 0 Å². The van der Waals surface area contributed by atoms with Gasteiger partial charge in [-0.15, -0.1) is 0 Å². The summed E-state index contributed by atoms with van der Waals surface area (Å²) < 4.78 is 1.35. The zero-order valence-electron chi connectivity index (χ0n) is 12.7. The lowest BCUT2D eigenvalue weighted by Crippen LogP contribution is -2.14. The van der Waals surface area contributed by atoms with Crippen molar-refractivity contribution in [1.82, 2.24) is 14.6 Å². The molecule has 2 aromatic carbocycles. The Morgan fingerprint density at radius 1 is 0.917 bits per heavy atom. The van der Waals surface area contributed by atoms with Gasteiger partial charge in [-0.05, 0) is 11.6 Å². The lowest BCUT2D eigenvalue weighted by Gasteiger charge is -1.94. The molecule has 4 aromatic rings. The third-order valence-electron chi connectivity index (χ3n) is 3.53. The monoisotopic (exact) mass is 331 g/mol. The molecule has 2 heterocycles. The minimum Gasteiger partial charge on any atom is -0.267 e. The minimum absolute atomic E-state index is 0.175. The van der Waals surface area contributed by atoms with Crippen molar-refractivity contribution in [2.75, 3.05) is 0 Å². The summed E-state index contributed by atoms with van der Waals surface area (Å²) in [5, 5.41) is 5.16. The van der Waals surface area contributed by atoms with Gasteiger partial charge in [-0.2, -0.15) is 9.61 Å². The Morgan fingerprint density at radius 3 is 2.38 bits per heavy atom. The molecule has 0 atom stereocenters. The van der Waals surface area contributed by atoms with Crippen LogP contribution in [0, 0.1) is 0 Å². The fourth-order valence-corrected chi connectivity index (χ4v) is 3.27. The molecule has 0 fully saturated rings. The van der Waals surface area contributed by atoms with Gasteiger partial charge in [0.05, 0.1) is 5.69 Å². The number of benzene rings is 2. The molecule has 4 nitrogen and oxygen atoms in total. The molecule has 0 amide bonds. The Kier molecular flexibility index (Phi) is 3.76. The largest absolute Gasteiger partial charge is 0.275 e. The van der Waals surface area contributed by atoms with Crippen molar-refractivity contribution in [3.05, 3.63) is 88.3 Å². The van der Waals surface area contributed by atoms with Gasteiger partial charge < -0.3 is 0 Å². The van der Waals surface area contributed by atoms with Crippen molar-refractivity contribution in [3.8, 4) is 10.6 Å². The van der Waals surface area contributed by atoms with Crippen LogP contribution in [0.2, 0.25) is 0 Å². The lowest BCUT2D eigenvalue weighted by molar-refractivity contribution is 0.901. The molecule has 4 rings (SSSR count). The van der Waals surface area contributed by atoms with Crippen LogP contribution in [0.15, 0.2) is 71.5 Å². The highest BCUT2D eigenvalue weighted by Gasteiger charge is 2.09. The number of hydrogen-bond donors (Lipinski definition) is 0. The molecule has 116 valence electrons. The fraction of sp³-hybridized carbons (Fsp3) is 0. The predicted molar refractivity (Wildman–Crippen MR) is 97.9 cm³/mol. The van der Waals surface area contributed by atoms with Crippen LogP contribution < -0.4 is 5.56 Å². The fourth-order valence-electron chi connectivity index (χ4n) is 2.36. The molecule has 0 saturated heterocycles. The standard InChI is InChI=1S/C19H13N3OS/c23-17-13-16(12-11-14-7-3-1-4-8-14)20-19-22(17)21-18(24-19)15-9-5-2-6-10-15/h1-13H. The van der Waals surface area contributed by atoms with Crippen molar-refractivity contribution in [1.29, 1.82) is 0 Å². The van der Waals surface area contributed by atoms with Gasteiger partial charge >= 0.3 is 0 Å². The van der Waals surface area contributed by atoms with E-state index in [2.05, 4.69) is 10.1 Å². The summed E-state index contributed by atoms with van der Waals surface area (Å²) in [4.78, 5) is 17.4. The number of aromatic nitrogens is 3. The van der Waals surface area contributed by atoms with E-state index in [1.165, 1.54) is 21.9 Å². The number of fused-ring (bicyclic) bond motifs is 1. The smallest absolute Gasteiger partial charge is 0.267 e. The van der Waals surface area contributed by atoms with E-state index in [0.29, 0.717) is 10.7 Å². The van der Waals surface area contributed by atoms with Gasteiger partial charge in [-0.3, -0.25) is 4.79 Å². The first-order valence-corrected chi connectivity index (χ1v) is 8.31. The number of rotatable bonds is 3. The Hall–Kier alpha value is -3.05. The van der Waals surface area contributed by atoms with Crippen LogP contribution in [0.25, 0.3) is 27.7 Å². The molecular weight excluding hydrogens is 318 g/mol. The van der Waals surface area contributed by atoms with E-state index in [1.54, 1.807) is 0 Å². The molecule has 0 bridgehead atoms. The molecule has 0 unspecified atom stereocenters. The average Bonchev–Trinajstić information content (AvgIpc) is 3.06. The van der Waals surface area contributed by atoms with Crippen LogP contribution in [-0.4, -0.2) is 14.6 Å². The van der Waals surface area contributed by atoms with Gasteiger partial charge in [0.2, 0.25) is 4.96 Å². The van der Waals surface area contributed by atoms with Crippen LogP contribution in [-0.2, 0) is 0 Å². The van der Waals surface area contributed by atoms with E-state index in [9.17, 15) is 4.79 Å². The van der Waals surface area contributed by atoms with Crippen molar-refractivity contribution in [3.63, 3.8) is 0 Å². The van der Waals surface area contributed by atoms with E-state index in [-0.39, 0.29) is 5.56 Å². The Labute approximate surface area is 142 Å². The summed E-state index contributed by atoms with van der Waals surface area (Å²) in [6.45, 7) is 0. The first kappa shape index (κ1) is 14.5. The van der Waals surface area contributed by atoms with Gasteiger partial charge in [-0.1, -0.05) is 78.1 Å². The highest BCUT2D eigenvalue weighted by Crippen LogP contribution is 2.23. The van der Waals surface area contributed by atoms with Crippen LogP contribution in [0.4, 0.5) is 0 Å². The maximum Gasteiger partial charge on any atom is 0.275 e. The van der Waals surface area contributed by atoms with Crippen molar-refractivity contribution < 1.29 is 0 Å². The van der Waals surface area contributed by atoms with Crippen molar-refractivity contribution >= 4 is 28.4 Å². The van der Waals surface area contributed by atoms with Crippen LogP contribution >= 0.6 is 11.3 Å². The normalized spacial score (nSPS) is 11.3. The highest BCUT2D eigenvalue weighted by atomic mass is 32.1. The minimum atomic E-state index is -0.175. The summed E-state index contributed by atoms with van der Waals surface area (Å²) >= 11 is 1.41. The zero-order chi connectivity index (χ0) is 16.4. The Bertz CT molecular complexity index is 1070. The molecule has 0 saturated carbocycles. The van der Waals surface area contributed by atoms with E-state index >= 15 is 0 Å². The summed E-state index contributed by atoms with van der Waals surface area (Å²) in [6.07, 6.45) is 3.79. The Morgan fingerprint density at radius 2 is 1.62 bits per heavy atom. The zero-order valence-corrected chi connectivity index (χ0v) is 13.5. The maximum atomic E-state index is 12.3. The molecule has 0 N–H and O–H groups in total. The summed E-state index contributed by atoms with van der Waals surface area (Å²) in [5.41, 5.74) is 2.50. The summed E-state index contributed by atoms with van der Waals surface area (Å²) in [5.74, 6) is 0. The van der Waals surface area contributed by atoms with Crippen molar-refractivity contribution in [2.45, 2.75) is 0 Å². The molecule has 0 aliphatic carbocycles. The number of hydrogen-bond acceptors (Lipinski definition) is 4. The lowest BCUT2D eigenvalue weighted by atomic mass is 10.2. The first-order chi connectivity index (χ1) is 11.8. The summed E-state index contributed by atoms with van der Waals surface area (Å²) in [7, 11) is 0. The average molecular weight is 331 g/mol. The van der Waals surface area contributed by atoms with Crippen LogP contribution in [0.5, 0.6) is 0 Å². The van der Waals surface area contributed by atoms with Gasteiger partial charge in [0.25, 0.3) is 5.56 Å². The molecule has 0 spiro atoms. The maximum absolute atomic E-state index is 12.3. The van der Waals surface area contributed by atoms with Gasteiger partial charge in [0.15, 0.2) is 0 Å². The molecular formula is C19H13N3OS. The highest BCUT2D eigenvalue weighted by molar-refractivity contribution is 7.19. The molecule has 0 aliphatic heterocycles. The van der Waals surface area contributed by atoms with E-state index in [4.69, 9.17) is 0 Å². The van der Waals surface area contributed by atoms with Gasteiger partial charge in [-0.25, -0.2) is 4.98 Å². The van der Waals surface area contributed by atoms with E-state index in [0.717, 1.165) is 16.1 Å². The van der Waals surface area contributed by atoms with Gasteiger partial charge in [0, 0.05) is 11.6 Å². The van der Waals surface area contributed by atoms with Crippen LogP contribution in [0.1, 0.15) is 11.3 Å². The second-order valence-corrected chi connectivity index (χ2v) is 6.19. The predicted octanol–water partition coefficient (Wildman–Crippen LogP) is 3.99. The molecule has 5 heteroatoms. The SMILES string of the molecule is O=c1cc(C=Cc2ccccc2)nc2sc(-c3ccccc3)nn12. The van der Waals surface area contributed by atoms with E-state index < -0.39 is 0 Å². The molecule has 0 radical (unpaired) electrons. The molecule has 2 aromatic heterocycles.